The largest absolute Gasteiger partial charge is 0.312 e. The lowest BCUT2D eigenvalue weighted by atomic mass is 10.1. The number of piperidine rings is 1. The molecule has 0 radical (unpaired) electrons. The van der Waals surface area contributed by atoms with Crippen molar-refractivity contribution in [2.24, 2.45) is 0 Å². The highest BCUT2D eigenvalue weighted by Gasteiger charge is 2.19. The number of rotatable bonds is 3. The number of benzene rings is 2. The van der Waals surface area contributed by atoms with E-state index in [-0.39, 0.29) is 11.6 Å². The summed E-state index contributed by atoms with van der Waals surface area (Å²) >= 11 is 0. The number of hydrogen-bond donors (Lipinski definition) is 2. The van der Waals surface area contributed by atoms with E-state index < -0.39 is 11.8 Å². The number of amides is 3. The minimum Gasteiger partial charge on any atom is -0.312 e. The Balaban J connectivity index is 1.38. The average Bonchev–Trinajstić information content (AvgIpc) is 2.77. The van der Waals surface area contributed by atoms with E-state index in [1.165, 1.54) is 0 Å². The molecule has 1 fully saturated rings. The van der Waals surface area contributed by atoms with Gasteiger partial charge in [-0.3, -0.25) is 25.2 Å². The van der Waals surface area contributed by atoms with Crippen LogP contribution in [0.4, 0.5) is 5.69 Å². The molecule has 7 heteroatoms. The van der Waals surface area contributed by atoms with Gasteiger partial charge in [0.25, 0.3) is 11.8 Å². The molecule has 29 heavy (non-hydrogen) atoms. The van der Waals surface area contributed by atoms with E-state index in [1.54, 1.807) is 41.3 Å². The zero-order valence-corrected chi connectivity index (χ0v) is 15.7. The molecule has 4 rings (SSSR count). The Kier molecular flexibility index (Phi) is 5.20. The zero-order valence-electron chi connectivity index (χ0n) is 15.7. The maximum Gasteiger partial charge on any atom is 0.288 e. The summed E-state index contributed by atoms with van der Waals surface area (Å²) in [4.78, 5) is 42.6. The van der Waals surface area contributed by atoms with E-state index in [1.807, 2.05) is 24.3 Å². The molecule has 1 aliphatic heterocycles. The summed E-state index contributed by atoms with van der Waals surface area (Å²) < 4.78 is 0. The molecule has 0 saturated carbocycles. The predicted molar refractivity (Wildman–Crippen MR) is 109 cm³/mol. The summed E-state index contributed by atoms with van der Waals surface area (Å²) in [5.74, 6) is -0.848. The van der Waals surface area contributed by atoms with Crippen molar-refractivity contribution < 1.29 is 14.4 Å². The standard InChI is InChI=1S/C22H20N4O3/c27-20-7-3-4-14-26(20)17-11-8-16(9-12-17)21(28)24-25-22(29)19-13-10-15-5-1-2-6-18(15)23-19/h1-2,5-6,8-13H,3-4,7,14H2,(H,24,28)(H,25,29). The number of nitrogens with one attached hydrogen (secondary N) is 2. The van der Waals surface area contributed by atoms with Gasteiger partial charge in [0.1, 0.15) is 5.69 Å². The number of nitrogens with zero attached hydrogens (tertiary/aromatic N) is 2. The van der Waals surface area contributed by atoms with E-state index in [0.29, 0.717) is 24.0 Å². The van der Waals surface area contributed by atoms with E-state index in [9.17, 15) is 14.4 Å². The van der Waals surface area contributed by atoms with Gasteiger partial charge in [0.2, 0.25) is 5.91 Å². The summed E-state index contributed by atoms with van der Waals surface area (Å²) in [6.07, 6.45) is 2.45. The molecule has 146 valence electrons. The second-order valence-corrected chi connectivity index (χ2v) is 6.85. The molecule has 0 atom stereocenters. The van der Waals surface area contributed by atoms with Crippen LogP contribution in [0.25, 0.3) is 10.9 Å². The molecule has 3 aromatic rings. The van der Waals surface area contributed by atoms with Gasteiger partial charge in [-0.25, -0.2) is 4.98 Å². The van der Waals surface area contributed by atoms with Crippen molar-refractivity contribution in [3.8, 4) is 0 Å². The molecule has 7 nitrogen and oxygen atoms in total. The predicted octanol–water partition coefficient (Wildman–Crippen LogP) is 2.83. The quantitative estimate of drug-likeness (QED) is 0.675. The van der Waals surface area contributed by atoms with Crippen molar-refractivity contribution in [1.82, 2.24) is 15.8 Å². The van der Waals surface area contributed by atoms with Crippen LogP contribution >= 0.6 is 0 Å². The molecule has 2 aromatic carbocycles. The number of hydrazine groups is 1. The summed E-state index contributed by atoms with van der Waals surface area (Å²) in [7, 11) is 0. The van der Waals surface area contributed by atoms with Crippen LogP contribution in [0.3, 0.4) is 0 Å². The first-order chi connectivity index (χ1) is 14.1. The van der Waals surface area contributed by atoms with Crippen molar-refractivity contribution >= 4 is 34.3 Å². The van der Waals surface area contributed by atoms with Gasteiger partial charge in [-0.2, -0.15) is 0 Å². The van der Waals surface area contributed by atoms with E-state index in [4.69, 9.17) is 0 Å². The van der Waals surface area contributed by atoms with Crippen molar-refractivity contribution in [3.63, 3.8) is 0 Å². The molecule has 1 aliphatic rings. The fourth-order valence-corrected chi connectivity index (χ4v) is 3.31. The molecular formula is C22H20N4O3. The molecular weight excluding hydrogens is 368 g/mol. The minimum absolute atomic E-state index is 0.101. The monoisotopic (exact) mass is 388 g/mol. The number of pyridine rings is 1. The van der Waals surface area contributed by atoms with Crippen molar-refractivity contribution in [2.45, 2.75) is 19.3 Å². The summed E-state index contributed by atoms with van der Waals surface area (Å²) in [6, 6.07) is 17.6. The van der Waals surface area contributed by atoms with Crippen molar-refractivity contribution in [2.75, 3.05) is 11.4 Å². The number of hydrogen-bond acceptors (Lipinski definition) is 4. The Morgan fingerprint density at radius 3 is 2.41 bits per heavy atom. The molecule has 1 aromatic heterocycles. The summed E-state index contributed by atoms with van der Waals surface area (Å²) in [6.45, 7) is 0.694. The fourth-order valence-electron chi connectivity index (χ4n) is 3.31. The van der Waals surface area contributed by atoms with E-state index in [0.717, 1.165) is 23.9 Å². The summed E-state index contributed by atoms with van der Waals surface area (Å²) in [5, 5.41) is 0.931. The zero-order chi connectivity index (χ0) is 20.2. The second-order valence-electron chi connectivity index (χ2n) is 6.85. The normalized spacial score (nSPS) is 13.9. The van der Waals surface area contributed by atoms with Gasteiger partial charge >= 0.3 is 0 Å². The SMILES string of the molecule is O=C(NNC(=O)c1ccc2ccccc2n1)c1ccc(N2CCCCC2=O)cc1. The molecule has 0 spiro atoms. The van der Waals surface area contributed by atoms with E-state index >= 15 is 0 Å². The lowest BCUT2D eigenvalue weighted by molar-refractivity contribution is -0.119. The highest BCUT2D eigenvalue weighted by Crippen LogP contribution is 2.21. The smallest absolute Gasteiger partial charge is 0.288 e. The van der Waals surface area contributed by atoms with Crippen molar-refractivity contribution in [1.29, 1.82) is 0 Å². The maximum absolute atomic E-state index is 12.3. The molecule has 1 saturated heterocycles. The lowest BCUT2D eigenvalue weighted by Crippen LogP contribution is -2.42. The highest BCUT2D eigenvalue weighted by molar-refractivity contribution is 6.00. The molecule has 0 bridgehead atoms. The first kappa shape index (κ1) is 18.6. The molecule has 0 unspecified atom stereocenters. The Morgan fingerprint density at radius 2 is 1.62 bits per heavy atom. The number of carbonyl (C=O) groups excluding carboxylic acids is 3. The first-order valence-corrected chi connectivity index (χ1v) is 9.49. The number of para-hydroxylation sites is 1. The Labute approximate surface area is 167 Å². The van der Waals surface area contributed by atoms with Crippen LogP contribution in [-0.2, 0) is 4.79 Å². The van der Waals surface area contributed by atoms with Gasteiger partial charge in [-0.15, -0.1) is 0 Å². The van der Waals surface area contributed by atoms with Crippen LogP contribution in [0.15, 0.2) is 60.7 Å². The Hall–Kier alpha value is -3.74. The van der Waals surface area contributed by atoms with Crippen LogP contribution in [0.5, 0.6) is 0 Å². The Morgan fingerprint density at radius 1 is 0.862 bits per heavy atom. The fraction of sp³-hybridized carbons (Fsp3) is 0.182. The minimum atomic E-state index is -0.500. The van der Waals surface area contributed by atoms with Crippen LogP contribution < -0.4 is 15.8 Å². The number of anilines is 1. The topological polar surface area (TPSA) is 91.4 Å². The van der Waals surface area contributed by atoms with Gasteiger partial charge in [-0.05, 0) is 49.2 Å². The molecule has 2 heterocycles. The van der Waals surface area contributed by atoms with Gasteiger partial charge in [-0.1, -0.05) is 24.3 Å². The summed E-state index contributed by atoms with van der Waals surface area (Å²) in [5.41, 5.74) is 6.84. The highest BCUT2D eigenvalue weighted by atomic mass is 16.2. The third-order valence-electron chi connectivity index (χ3n) is 4.89. The lowest BCUT2D eigenvalue weighted by Gasteiger charge is -2.26. The van der Waals surface area contributed by atoms with Crippen molar-refractivity contribution in [3.05, 3.63) is 71.9 Å². The molecule has 0 aliphatic carbocycles. The maximum atomic E-state index is 12.3. The molecule has 2 N–H and O–H groups in total. The van der Waals surface area contributed by atoms with E-state index in [2.05, 4.69) is 15.8 Å². The van der Waals surface area contributed by atoms with Gasteiger partial charge < -0.3 is 4.90 Å². The first-order valence-electron chi connectivity index (χ1n) is 9.49. The number of aromatic nitrogens is 1. The van der Waals surface area contributed by atoms with Crippen LogP contribution in [-0.4, -0.2) is 29.3 Å². The number of carbonyl (C=O) groups is 3. The third kappa shape index (κ3) is 4.08. The van der Waals surface area contributed by atoms with Crippen LogP contribution in [0.1, 0.15) is 40.1 Å². The average molecular weight is 388 g/mol. The Bertz CT molecular complexity index is 1080. The van der Waals surface area contributed by atoms with Gasteiger partial charge in [0.15, 0.2) is 0 Å². The number of fused-ring (bicyclic) bond motifs is 1. The van der Waals surface area contributed by atoms with Crippen LogP contribution in [0, 0.1) is 0 Å². The van der Waals surface area contributed by atoms with Gasteiger partial charge in [0, 0.05) is 29.6 Å². The molecule has 3 amide bonds. The van der Waals surface area contributed by atoms with Crippen LogP contribution in [0.2, 0.25) is 0 Å². The second kappa shape index (κ2) is 8.10. The van der Waals surface area contributed by atoms with Gasteiger partial charge in [0.05, 0.1) is 5.52 Å². The third-order valence-corrected chi connectivity index (χ3v) is 4.89.